The molecule has 1 aliphatic carbocycles. The average molecular weight is 223 g/mol. The quantitative estimate of drug-likeness (QED) is 0.766. The summed E-state index contributed by atoms with van der Waals surface area (Å²) in [7, 11) is 0. The Bertz CT molecular complexity index is 344. The van der Waals surface area contributed by atoms with Gasteiger partial charge in [0.1, 0.15) is 6.04 Å². The van der Waals surface area contributed by atoms with E-state index in [0.717, 1.165) is 18.6 Å². The Hall–Kier alpha value is -1.29. The van der Waals surface area contributed by atoms with E-state index < -0.39 is 0 Å². The standard InChI is InChI=1S/C12H18N2O2/c1-8(11-4-3-7-16-11)13-9(2)12(15)14-10-5-6-10/h3-4,7-10,13H,5-6H2,1-2H3,(H,14,15)/p+1/t8-,9+/m0/s1. The molecular formula is C12H19N2O2+. The SMILES string of the molecule is C[C@H]([NH2+][C@H](C)C(=O)NC1CC1)c1ccco1. The van der Waals surface area contributed by atoms with E-state index in [1.165, 1.54) is 0 Å². The van der Waals surface area contributed by atoms with Crippen molar-refractivity contribution in [2.24, 2.45) is 0 Å². The van der Waals surface area contributed by atoms with Crippen molar-refractivity contribution in [3.05, 3.63) is 24.2 Å². The lowest BCUT2D eigenvalue weighted by Crippen LogP contribution is -2.92. The van der Waals surface area contributed by atoms with Crippen LogP contribution in [-0.4, -0.2) is 18.0 Å². The number of hydrogen-bond acceptors (Lipinski definition) is 2. The number of hydrogen-bond donors (Lipinski definition) is 2. The van der Waals surface area contributed by atoms with Gasteiger partial charge in [-0.3, -0.25) is 4.79 Å². The Balaban J connectivity index is 1.81. The maximum Gasteiger partial charge on any atom is 0.278 e. The van der Waals surface area contributed by atoms with Crippen LogP contribution in [0, 0.1) is 0 Å². The average Bonchev–Trinajstić information content (AvgIpc) is 2.89. The number of nitrogens with two attached hydrogens (primary N) is 1. The molecule has 2 atom stereocenters. The Morgan fingerprint density at radius 3 is 2.88 bits per heavy atom. The Morgan fingerprint density at radius 2 is 2.31 bits per heavy atom. The summed E-state index contributed by atoms with van der Waals surface area (Å²) in [6.45, 7) is 3.97. The lowest BCUT2D eigenvalue weighted by atomic mass is 10.2. The summed E-state index contributed by atoms with van der Waals surface area (Å²) in [6, 6.07) is 4.35. The van der Waals surface area contributed by atoms with E-state index in [-0.39, 0.29) is 18.0 Å². The molecule has 1 aromatic heterocycles. The van der Waals surface area contributed by atoms with Crippen molar-refractivity contribution in [1.29, 1.82) is 0 Å². The zero-order valence-electron chi connectivity index (χ0n) is 9.77. The van der Waals surface area contributed by atoms with Gasteiger partial charge in [-0.05, 0) is 38.8 Å². The Labute approximate surface area is 95.4 Å². The van der Waals surface area contributed by atoms with Crippen molar-refractivity contribution < 1.29 is 14.5 Å². The van der Waals surface area contributed by atoms with Gasteiger partial charge in [-0.15, -0.1) is 0 Å². The molecular weight excluding hydrogens is 204 g/mol. The predicted octanol–water partition coefficient (Wildman–Crippen LogP) is 0.571. The molecule has 1 heterocycles. The normalized spacial score (nSPS) is 19.1. The van der Waals surface area contributed by atoms with Gasteiger partial charge in [-0.25, -0.2) is 0 Å². The highest BCUT2D eigenvalue weighted by atomic mass is 16.3. The van der Waals surface area contributed by atoms with E-state index in [1.54, 1.807) is 6.26 Å². The van der Waals surface area contributed by atoms with Crippen molar-refractivity contribution in [3.8, 4) is 0 Å². The molecule has 0 radical (unpaired) electrons. The molecule has 4 nitrogen and oxygen atoms in total. The second-order valence-electron chi connectivity index (χ2n) is 4.57. The highest BCUT2D eigenvalue weighted by Crippen LogP contribution is 2.18. The van der Waals surface area contributed by atoms with E-state index in [4.69, 9.17) is 4.42 Å². The summed E-state index contributed by atoms with van der Waals surface area (Å²) >= 11 is 0. The summed E-state index contributed by atoms with van der Waals surface area (Å²) in [6.07, 6.45) is 3.92. The minimum atomic E-state index is -0.0688. The van der Waals surface area contributed by atoms with Crippen molar-refractivity contribution in [1.82, 2.24) is 5.32 Å². The maximum absolute atomic E-state index is 11.7. The van der Waals surface area contributed by atoms with Crippen LogP contribution in [0.5, 0.6) is 0 Å². The number of amides is 1. The van der Waals surface area contributed by atoms with E-state index in [0.29, 0.717) is 6.04 Å². The third kappa shape index (κ3) is 2.85. The van der Waals surface area contributed by atoms with Crippen molar-refractivity contribution in [2.75, 3.05) is 0 Å². The molecule has 0 spiro atoms. The fourth-order valence-electron chi connectivity index (χ4n) is 1.73. The van der Waals surface area contributed by atoms with E-state index in [1.807, 2.05) is 31.3 Å². The Morgan fingerprint density at radius 1 is 1.56 bits per heavy atom. The fourth-order valence-corrected chi connectivity index (χ4v) is 1.73. The number of nitrogens with one attached hydrogen (secondary N) is 1. The van der Waals surface area contributed by atoms with Crippen LogP contribution in [0.15, 0.2) is 22.8 Å². The molecule has 88 valence electrons. The molecule has 0 aromatic carbocycles. The summed E-state index contributed by atoms with van der Waals surface area (Å²) in [5.41, 5.74) is 0. The second-order valence-corrected chi connectivity index (χ2v) is 4.57. The molecule has 0 aliphatic heterocycles. The zero-order chi connectivity index (χ0) is 11.5. The largest absolute Gasteiger partial charge is 0.463 e. The zero-order valence-corrected chi connectivity index (χ0v) is 9.77. The van der Waals surface area contributed by atoms with Gasteiger partial charge in [0, 0.05) is 6.04 Å². The monoisotopic (exact) mass is 223 g/mol. The second kappa shape index (κ2) is 4.70. The van der Waals surface area contributed by atoms with Gasteiger partial charge >= 0.3 is 0 Å². The summed E-state index contributed by atoms with van der Waals surface area (Å²) in [5.74, 6) is 1.03. The number of carbonyl (C=O) groups excluding carboxylic acids is 1. The highest BCUT2D eigenvalue weighted by molar-refractivity contribution is 5.80. The minimum absolute atomic E-state index is 0.0688. The van der Waals surface area contributed by atoms with E-state index >= 15 is 0 Å². The van der Waals surface area contributed by atoms with Gasteiger partial charge in [0.15, 0.2) is 11.8 Å². The van der Waals surface area contributed by atoms with Crippen LogP contribution in [0.3, 0.4) is 0 Å². The molecule has 1 saturated carbocycles. The van der Waals surface area contributed by atoms with Gasteiger partial charge in [-0.2, -0.15) is 0 Å². The van der Waals surface area contributed by atoms with Gasteiger partial charge in [-0.1, -0.05) is 0 Å². The van der Waals surface area contributed by atoms with Gasteiger partial charge in [0.05, 0.1) is 6.26 Å². The van der Waals surface area contributed by atoms with Crippen LogP contribution in [0.2, 0.25) is 0 Å². The molecule has 16 heavy (non-hydrogen) atoms. The molecule has 1 fully saturated rings. The van der Waals surface area contributed by atoms with Gasteiger partial charge in [0.25, 0.3) is 5.91 Å². The van der Waals surface area contributed by atoms with Gasteiger partial charge in [0.2, 0.25) is 0 Å². The first kappa shape index (κ1) is 11.2. The highest BCUT2D eigenvalue weighted by Gasteiger charge is 2.28. The molecule has 0 bridgehead atoms. The van der Waals surface area contributed by atoms with Crippen molar-refractivity contribution >= 4 is 5.91 Å². The summed E-state index contributed by atoms with van der Waals surface area (Å²) < 4.78 is 5.31. The molecule has 2 rings (SSSR count). The summed E-state index contributed by atoms with van der Waals surface area (Å²) in [4.78, 5) is 11.7. The third-order valence-corrected chi connectivity index (χ3v) is 2.91. The molecule has 1 aliphatic rings. The minimum Gasteiger partial charge on any atom is -0.463 e. The fraction of sp³-hybridized carbons (Fsp3) is 0.583. The molecule has 1 aromatic rings. The van der Waals surface area contributed by atoms with Crippen LogP contribution in [0.1, 0.15) is 38.5 Å². The van der Waals surface area contributed by atoms with Crippen LogP contribution in [-0.2, 0) is 4.79 Å². The Kier molecular flexibility index (Phi) is 3.29. The molecule has 3 N–H and O–H groups in total. The number of furan rings is 1. The predicted molar refractivity (Wildman–Crippen MR) is 59.7 cm³/mol. The lowest BCUT2D eigenvalue weighted by Gasteiger charge is -2.14. The first-order valence-corrected chi connectivity index (χ1v) is 5.85. The smallest absolute Gasteiger partial charge is 0.278 e. The van der Waals surface area contributed by atoms with E-state index in [9.17, 15) is 4.79 Å². The third-order valence-electron chi connectivity index (χ3n) is 2.91. The number of quaternary nitrogens is 1. The summed E-state index contributed by atoms with van der Waals surface area (Å²) in [5, 5.41) is 5.03. The van der Waals surface area contributed by atoms with Gasteiger partial charge < -0.3 is 15.1 Å². The van der Waals surface area contributed by atoms with Crippen molar-refractivity contribution in [3.63, 3.8) is 0 Å². The first-order valence-electron chi connectivity index (χ1n) is 5.85. The molecule has 0 saturated heterocycles. The lowest BCUT2D eigenvalue weighted by molar-refractivity contribution is -0.712. The van der Waals surface area contributed by atoms with Crippen LogP contribution in [0.4, 0.5) is 0 Å². The molecule has 1 amide bonds. The number of carbonyl (C=O) groups is 1. The van der Waals surface area contributed by atoms with Crippen LogP contribution in [0.25, 0.3) is 0 Å². The maximum atomic E-state index is 11.7. The molecule has 4 heteroatoms. The van der Waals surface area contributed by atoms with Crippen LogP contribution < -0.4 is 10.6 Å². The number of rotatable bonds is 5. The molecule has 0 unspecified atom stereocenters. The van der Waals surface area contributed by atoms with Crippen molar-refractivity contribution in [2.45, 2.75) is 44.8 Å². The van der Waals surface area contributed by atoms with Crippen LogP contribution >= 0.6 is 0 Å². The first-order chi connectivity index (χ1) is 7.66. The van der Waals surface area contributed by atoms with E-state index in [2.05, 4.69) is 5.32 Å². The topological polar surface area (TPSA) is 58.9 Å².